The highest BCUT2D eigenvalue weighted by molar-refractivity contribution is 6.30. The molecule has 2 heteroatoms. The van der Waals surface area contributed by atoms with Crippen LogP contribution in [0.5, 0.6) is 0 Å². The Morgan fingerprint density at radius 3 is 2.56 bits per heavy atom. The summed E-state index contributed by atoms with van der Waals surface area (Å²) >= 11 is 5.97. The first-order chi connectivity index (χ1) is 7.55. The second kappa shape index (κ2) is 4.67. The highest BCUT2D eigenvalue weighted by Gasteiger charge is 2.26. The number of anilines is 1. The van der Waals surface area contributed by atoms with Crippen molar-refractivity contribution in [1.82, 2.24) is 0 Å². The van der Waals surface area contributed by atoms with Crippen LogP contribution in [0.25, 0.3) is 0 Å². The standard InChI is InChI=1S/C14H20ClN/c1-14(2)8-6-12(7-9-14)16-13-5-3-4-11(15)10-13/h3-5,10,12,16H,6-9H2,1-2H3. The molecule has 0 unspecified atom stereocenters. The Hall–Kier alpha value is -0.690. The first-order valence-corrected chi connectivity index (χ1v) is 6.45. The first-order valence-electron chi connectivity index (χ1n) is 6.07. The predicted molar refractivity (Wildman–Crippen MR) is 71.1 cm³/mol. The normalized spacial score (nSPS) is 20.7. The lowest BCUT2D eigenvalue weighted by atomic mass is 9.75. The smallest absolute Gasteiger partial charge is 0.0426 e. The summed E-state index contributed by atoms with van der Waals surface area (Å²) in [5.41, 5.74) is 1.68. The maximum Gasteiger partial charge on any atom is 0.0426 e. The molecule has 1 aromatic carbocycles. The van der Waals surface area contributed by atoms with Gasteiger partial charge in [0.05, 0.1) is 0 Å². The molecule has 0 bridgehead atoms. The van der Waals surface area contributed by atoms with E-state index < -0.39 is 0 Å². The van der Waals surface area contributed by atoms with E-state index in [0.29, 0.717) is 11.5 Å². The van der Waals surface area contributed by atoms with Crippen LogP contribution in [0, 0.1) is 5.41 Å². The molecule has 1 nitrogen and oxygen atoms in total. The molecule has 1 aromatic rings. The molecule has 1 aliphatic rings. The van der Waals surface area contributed by atoms with Gasteiger partial charge in [-0.05, 0) is 49.3 Å². The van der Waals surface area contributed by atoms with Crippen molar-refractivity contribution in [2.45, 2.75) is 45.6 Å². The van der Waals surface area contributed by atoms with Gasteiger partial charge < -0.3 is 5.32 Å². The van der Waals surface area contributed by atoms with Gasteiger partial charge in [-0.25, -0.2) is 0 Å². The van der Waals surface area contributed by atoms with Gasteiger partial charge in [0, 0.05) is 16.8 Å². The van der Waals surface area contributed by atoms with Gasteiger partial charge in [0.1, 0.15) is 0 Å². The third-order valence-corrected chi connectivity index (χ3v) is 3.77. The van der Waals surface area contributed by atoms with E-state index in [4.69, 9.17) is 11.6 Å². The molecular formula is C14H20ClN. The van der Waals surface area contributed by atoms with Crippen LogP contribution < -0.4 is 5.32 Å². The van der Waals surface area contributed by atoms with E-state index in [1.54, 1.807) is 0 Å². The minimum Gasteiger partial charge on any atom is -0.382 e. The molecule has 0 radical (unpaired) electrons. The summed E-state index contributed by atoms with van der Waals surface area (Å²) in [5, 5.41) is 4.38. The zero-order valence-corrected chi connectivity index (χ0v) is 10.8. The molecule has 88 valence electrons. The van der Waals surface area contributed by atoms with Crippen molar-refractivity contribution in [2.24, 2.45) is 5.41 Å². The molecule has 2 rings (SSSR count). The maximum atomic E-state index is 5.97. The molecule has 0 heterocycles. The van der Waals surface area contributed by atoms with Crippen molar-refractivity contribution >= 4 is 17.3 Å². The van der Waals surface area contributed by atoms with E-state index in [2.05, 4.69) is 25.2 Å². The molecule has 1 fully saturated rings. The van der Waals surface area contributed by atoms with Gasteiger partial charge in [-0.1, -0.05) is 31.5 Å². The number of benzene rings is 1. The summed E-state index contributed by atoms with van der Waals surface area (Å²) in [6.07, 6.45) is 5.15. The van der Waals surface area contributed by atoms with Crippen LogP contribution >= 0.6 is 11.6 Å². The second-order valence-electron chi connectivity index (χ2n) is 5.59. The number of hydrogen-bond donors (Lipinski definition) is 1. The fourth-order valence-electron chi connectivity index (χ4n) is 2.36. The van der Waals surface area contributed by atoms with Crippen molar-refractivity contribution in [3.8, 4) is 0 Å². The molecule has 0 aliphatic heterocycles. The first kappa shape index (κ1) is 11.8. The van der Waals surface area contributed by atoms with Crippen molar-refractivity contribution in [2.75, 3.05) is 5.32 Å². The Kier molecular flexibility index (Phi) is 3.44. The number of hydrogen-bond acceptors (Lipinski definition) is 1. The van der Waals surface area contributed by atoms with Crippen LogP contribution in [0.3, 0.4) is 0 Å². The Morgan fingerprint density at radius 1 is 1.25 bits per heavy atom. The SMILES string of the molecule is CC1(C)CCC(Nc2cccc(Cl)c2)CC1. The van der Waals surface area contributed by atoms with Gasteiger partial charge in [-0.15, -0.1) is 0 Å². The van der Waals surface area contributed by atoms with E-state index in [-0.39, 0.29) is 0 Å². The fourth-order valence-corrected chi connectivity index (χ4v) is 2.55. The predicted octanol–water partition coefficient (Wildman–Crippen LogP) is 4.72. The summed E-state index contributed by atoms with van der Waals surface area (Å²) in [6.45, 7) is 4.73. The molecular weight excluding hydrogens is 218 g/mol. The second-order valence-corrected chi connectivity index (χ2v) is 6.03. The van der Waals surface area contributed by atoms with E-state index in [9.17, 15) is 0 Å². The van der Waals surface area contributed by atoms with Crippen molar-refractivity contribution in [3.63, 3.8) is 0 Å². The molecule has 16 heavy (non-hydrogen) atoms. The zero-order chi connectivity index (χ0) is 11.6. The maximum absolute atomic E-state index is 5.97. The minimum absolute atomic E-state index is 0.534. The molecule has 0 spiro atoms. The zero-order valence-electron chi connectivity index (χ0n) is 10.1. The molecule has 0 atom stereocenters. The Bertz CT molecular complexity index is 350. The lowest BCUT2D eigenvalue weighted by Gasteiger charge is -2.35. The van der Waals surface area contributed by atoms with E-state index in [1.165, 1.54) is 25.7 Å². The van der Waals surface area contributed by atoms with Gasteiger partial charge in [0.2, 0.25) is 0 Å². The Balaban J connectivity index is 1.92. The number of halogens is 1. The highest BCUT2D eigenvalue weighted by Crippen LogP contribution is 2.36. The van der Waals surface area contributed by atoms with Gasteiger partial charge in [-0.3, -0.25) is 0 Å². The van der Waals surface area contributed by atoms with Crippen molar-refractivity contribution in [1.29, 1.82) is 0 Å². The molecule has 1 saturated carbocycles. The van der Waals surface area contributed by atoms with Gasteiger partial charge in [0.15, 0.2) is 0 Å². The lowest BCUT2D eigenvalue weighted by Crippen LogP contribution is -2.29. The molecule has 1 N–H and O–H groups in total. The van der Waals surface area contributed by atoms with Crippen LogP contribution in [0.1, 0.15) is 39.5 Å². The Labute approximate surface area is 103 Å². The van der Waals surface area contributed by atoms with E-state index in [0.717, 1.165) is 10.7 Å². The lowest BCUT2D eigenvalue weighted by molar-refractivity contribution is 0.232. The quantitative estimate of drug-likeness (QED) is 0.785. The summed E-state index contributed by atoms with van der Waals surface area (Å²) in [5.74, 6) is 0. The van der Waals surface area contributed by atoms with Gasteiger partial charge in [-0.2, -0.15) is 0 Å². The molecule has 0 saturated heterocycles. The highest BCUT2D eigenvalue weighted by atomic mass is 35.5. The molecule has 1 aliphatic carbocycles. The topological polar surface area (TPSA) is 12.0 Å². The minimum atomic E-state index is 0.534. The average molecular weight is 238 g/mol. The third-order valence-electron chi connectivity index (χ3n) is 3.53. The van der Waals surface area contributed by atoms with Crippen molar-refractivity contribution < 1.29 is 0 Å². The largest absolute Gasteiger partial charge is 0.382 e. The van der Waals surface area contributed by atoms with E-state index >= 15 is 0 Å². The van der Waals surface area contributed by atoms with E-state index in [1.807, 2.05) is 18.2 Å². The van der Waals surface area contributed by atoms with Crippen LogP contribution in [-0.2, 0) is 0 Å². The van der Waals surface area contributed by atoms with Crippen LogP contribution in [0.15, 0.2) is 24.3 Å². The van der Waals surface area contributed by atoms with Crippen LogP contribution in [0.4, 0.5) is 5.69 Å². The molecule has 0 amide bonds. The van der Waals surface area contributed by atoms with Gasteiger partial charge >= 0.3 is 0 Å². The Morgan fingerprint density at radius 2 is 1.94 bits per heavy atom. The summed E-state index contributed by atoms with van der Waals surface area (Å²) in [7, 11) is 0. The fraction of sp³-hybridized carbons (Fsp3) is 0.571. The third kappa shape index (κ3) is 3.15. The average Bonchev–Trinajstić information content (AvgIpc) is 2.21. The number of nitrogens with one attached hydrogen (secondary N) is 1. The monoisotopic (exact) mass is 237 g/mol. The van der Waals surface area contributed by atoms with Crippen molar-refractivity contribution in [3.05, 3.63) is 29.3 Å². The summed E-state index contributed by atoms with van der Waals surface area (Å²) in [6, 6.07) is 8.62. The molecule has 0 aromatic heterocycles. The van der Waals surface area contributed by atoms with Gasteiger partial charge in [0.25, 0.3) is 0 Å². The number of rotatable bonds is 2. The summed E-state index contributed by atoms with van der Waals surface area (Å²) in [4.78, 5) is 0. The van der Waals surface area contributed by atoms with Crippen LogP contribution in [-0.4, -0.2) is 6.04 Å². The van der Waals surface area contributed by atoms with Crippen LogP contribution in [0.2, 0.25) is 5.02 Å². The summed E-state index contributed by atoms with van der Waals surface area (Å²) < 4.78 is 0.